The fraction of sp³-hybridized carbons (Fsp3) is 0.625. The normalized spacial score (nSPS) is 14.7. The van der Waals surface area contributed by atoms with E-state index in [4.69, 9.17) is 4.74 Å². The van der Waals surface area contributed by atoms with E-state index < -0.39 is 5.97 Å². The molecule has 0 aliphatic carbocycles. The van der Waals surface area contributed by atoms with Crippen molar-refractivity contribution in [2.45, 2.75) is 20.4 Å². The Balaban J connectivity index is 1.99. The number of hydrogen-bond donors (Lipinski definition) is 2. The molecule has 2 aromatic heterocycles. The first-order chi connectivity index (χ1) is 12.6. The third kappa shape index (κ3) is 3.36. The van der Waals surface area contributed by atoms with Gasteiger partial charge in [-0.25, -0.2) is 0 Å². The number of imidazole rings is 1. The molecule has 3 heterocycles. The molecule has 26 heavy (non-hydrogen) atoms. The van der Waals surface area contributed by atoms with Crippen LogP contribution in [0.2, 0.25) is 0 Å². The Kier molecular flexibility index (Phi) is 5.40. The van der Waals surface area contributed by atoms with Crippen LogP contribution in [0.5, 0.6) is 0 Å². The van der Waals surface area contributed by atoms with Crippen molar-refractivity contribution in [2.24, 2.45) is 7.05 Å². The van der Waals surface area contributed by atoms with Gasteiger partial charge in [-0.3, -0.25) is 14.2 Å². The minimum absolute atomic E-state index is 0.0568. The van der Waals surface area contributed by atoms with Crippen LogP contribution < -0.4 is 21.1 Å². The van der Waals surface area contributed by atoms with Crippen LogP contribution in [0.15, 0.2) is 4.79 Å². The predicted molar refractivity (Wildman–Crippen MR) is 98.6 cm³/mol. The van der Waals surface area contributed by atoms with E-state index in [1.54, 1.807) is 14.0 Å². The number of carbonyl (C=O) groups is 1. The molecule has 10 heteroatoms. The number of esters is 1. The maximum atomic E-state index is 12.9. The van der Waals surface area contributed by atoms with Gasteiger partial charge in [-0.05, 0) is 13.8 Å². The lowest BCUT2D eigenvalue weighted by Crippen LogP contribution is -2.44. The first kappa shape index (κ1) is 18.2. The largest absolute Gasteiger partial charge is 0.465 e. The first-order valence-corrected chi connectivity index (χ1v) is 8.89. The van der Waals surface area contributed by atoms with E-state index in [1.165, 1.54) is 4.57 Å². The Morgan fingerprint density at radius 3 is 2.65 bits per heavy atom. The molecular formula is C16H25N7O3. The molecule has 1 aliphatic rings. The number of aryl methyl sites for hydroxylation is 1. The van der Waals surface area contributed by atoms with E-state index in [2.05, 4.69) is 25.5 Å². The second-order valence-corrected chi connectivity index (χ2v) is 6.02. The molecule has 2 aromatic rings. The number of hydrogen-bond acceptors (Lipinski definition) is 8. The summed E-state index contributed by atoms with van der Waals surface area (Å²) < 4.78 is 8.20. The zero-order valence-corrected chi connectivity index (χ0v) is 15.4. The summed E-state index contributed by atoms with van der Waals surface area (Å²) in [5, 5.41) is 6.17. The van der Waals surface area contributed by atoms with Gasteiger partial charge in [-0.1, -0.05) is 0 Å². The quantitative estimate of drug-likeness (QED) is 0.664. The number of ether oxygens (including phenoxy) is 1. The van der Waals surface area contributed by atoms with Gasteiger partial charge in [-0.2, -0.15) is 9.97 Å². The summed E-state index contributed by atoms with van der Waals surface area (Å²) in [6, 6.07) is 0. The van der Waals surface area contributed by atoms with E-state index in [0.717, 1.165) is 32.1 Å². The van der Waals surface area contributed by atoms with E-state index in [-0.39, 0.29) is 12.1 Å². The highest BCUT2D eigenvalue weighted by Crippen LogP contribution is 2.20. The van der Waals surface area contributed by atoms with Crippen molar-refractivity contribution in [2.75, 3.05) is 49.5 Å². The lowest BCUT2D eigenvalue weighted by molar-refractivity contribution is -0.140. The fourth-order valence-electron chi connectivity index (χ4n) is 3.08. The van der Waals surface area contributed by atoms with Crippen LogP contribution in [0, 0.1) is 0 Å². The van der Waals surface area contributed by atoms with E-state index in [9.17, 15) is 9.59 Å². The van der Waals surface area contributed by atoms with Crippen molar-refractivity contribution in [3.05, 3.63) is 10.4 Å². The molecule has 2 N–H and O–H groups in total. The van der Waals surface area contributed by atoms with Gasteiger partial charge in [0.25, 0.3) is 5.56 Å². The molecule has 3 rings (SSSR count). The summed E-state index contributed by atoms with van der Waals surface area (Å²) in [6.07, 6.45) is 0. The summed E-state index contributed by atoms with van der Waals surface area (Å²) in [5.74, 6) is 0.654. The molecule has 1 saturated heterocycles. The van der Waals surface area contributed by atoms with Gasteiger partial charge in [0.15, 0.2) is 11.2 Å². The Morgan fingerprint density at radius 1 is 1.27 bits per heavy atom. The standard InChI is InChI=1S/C16H25N7O3/c1-4-23-12-13(20-16(23)22-8-6-17-7-9-22)19-15(21(3)14(12)25)18-10-11(24)26-5-2/h17H,4-10H2,1-3H3,(H,18,19). The van der Waals surface area contributed by atoms with Gasteiger partial charge in [0.1, 0.15) is 6.54 Å². The molecule has 0 unspecified atom stereocenters. The first-order valence-electron chi connectivity index (χ1n) is 8.89. The SMILES string of the molecule is CCOC(=O)CNc1nc2nc(N3CCNCC3)n(CC)c2c(=O)n1C. The van der Waals surface area contributed by atoms with E-state index in [1.807, 2.05) is 11.5 Å². The molecule has 0 atom stereocenters. The maximum absolute atomic E-state index is 12.9. The summed E-state index contributed by atoms with van der Waals surface area (Å²) in [7, 11) is 1.62. The highest BCUT2D eigenvalue weighted by Gasteiger charge is 2.22. The summed E-state index contributed by atoms with van der Waals surface area (Å²) in [5.41, 5.74) is 0.664. The molecule has 0 bridgehead atoms. The topological polar surface area (TPSA) is 106 Å². The molecule has 1 aliphatic heterocycles. The van der Waals surface area contributed by atoms with Crippen LogP contribution in [0.25, 0.3) is 11.2 Å². The zero-order chi connectivity index (χ0) is 18.7. The second kappa shape index (κ2) is 7.73. The second-order valence-electron chi connectivity index (χ2n) is 6.02. The average Bonchev–Trinajstić information content (AvgIpc) is 3.03. The Morgan fingerprint density at radius 2 is 2.00 bits per heavy atom. The number of nitrogens with one attached hydrogen (secondary N) is 2. The van der Waals surface area contributed by atoms with Crippen LogP contribution >= 0.6 is 0 Å². The Bertz CT molecular complexity index is 852. The summed E-state index contributed by atoms with van der Waals surface area (Å²) >= 11 is 0. The maximum Gasteiger partial charge on any atom is 0.325 e. The van der Waals surface area contributed by atoms with E-state index in [0.29, 0.717) is 30.3 Å². The molecule has 0 aromatic carbocycles. The van der Waals surface area contributed by atoms with E-state index >= 15 is 0 Å². The number of anilines is 2. The smallest absolute Gasteiger partial charge is 0.325 e. The number of nitrogens with zero attached hydrogens (tertiary/aromatic N) is 5. The van der Waals surface area contributed by atoms with Crippen molar-refractivity contribution < 1.29 is 9.53 Å². The van der Waals surface area contributed by atoms with Gasteiger partial charge < -0.3 is 24.8 Å². The number of rotatable bonds is 6. The monoisotopic (exact) mass is 363 g/mol. The molecule has 1 fully saturated rings. The summed E-state index contributed by atoms with van der Waals surface area (Å²) in [4.78, 5) is 35.7. The van der Waals surface area contributed by atoms with Crippen LogP contribution in [0.3, 0.4) is 0 Å². The van der Waals surface area contributed by atoms with Gasteiger partial charge in [0, 0.05) is 39.8 Å². The lowest BCUT2D eigenvalue weighted by Gasteiger charge is -2.28. The number of fused-ring (bicyclic) bond motifs is 1. The predicted octanol–water partition coefficient (Wildman–Crippen LogP) is -0.465. The third-order valence-electron chi connectivity index (χ3n) is 4.38. The van der Waals surface area contributed by atoms with Crippen LogP contribution in [-0.2, 0) is 23.1 Å². The summed E-state index contributed by atoms with van der Waals surface area (Å²) in [6.45, 7) is 8.03. The Hall–Kier alpha value is -2.62. The van der Waals surface area contributed by atoms with Gasteiger partial charge in [0.2, 0.25) is 11.9 Å². The van der Waals surface area contributed by atoms with Crippen molar-refractivity contribution in [3.63, 3.8) is 0 Å². The molecule has 10 nitrogen and oxygen atoms in total. The van der Waals surface area contributed by atoms with Gasteiger partial charge in [0.05, 0.1) is 6.61 Å². The van der Waals surface area contributed by atoms with Crippen LogP contribution in [-0.4, -0.2) is 64.4 Å². The third-order valence-corrected chi connectivity index (χ3v) is 4.38. The molecule has 0 amide bonds. The minimum Gasteiger partial charge on any atom is -0.465 e. The van der Waals surface area contributed by atoms with Gasteiger partial charge in [-0.15, -0.1) is 0 Å². The average molecular weight is 363 g/mol. The fourth-order valence-corrected chi connectivity index (χ4v) is 3.08. The van der Waals surface area contributed by atoms with Crippen molar-refractivity contribution in [3.8, 4) is 0 Å². The molecule has 0 saturated carbocycles. The number of carbonyl (C=O) groups excluding carboxylic acids is 1. The van der Waals surface area contributed by atoms with Crippen LogP contribution in [0.4, 0.5) is 11.9 Å². The highest BCUT2D eigenvalue weighted by atomic mass is 16.5. The Labute approximate surface area is 151 Å². The zero-order valence-electron chi connectivity index (χ0n) is 15.4. The highest BCUT2D eigenvalue weighted by molar-refractivity contribution is 5.77. The number of aromatic nitrogens is 4. The molecule has 0 radical (unpaired) electrons. The lowest BCUT2D eigenvalue weighted by atomic mass is 10.4. The van der Waals surface area contributed by atoms with Gasteiger partial charge >= 0.3 is 5.97 Å². The minimum atomic E-state index is -0.401. The molecule has 142 valence electrons. The van der Waals surface area contributed by atoms with Crippen molar-refractivity contribution in [1.82, 2.24) is 24.4 Å². The number of piperazine rings is 1. The molecular weight excluding hydrogens is 338 g/mol. The molecule has 0 spiro atoms. The van der Waals surface area contributed by atoms with Crippen LogP contribution in [0.1, 0.15) is 13.8 Å². The van der Waals surface area contributed by atoms with Crippen molar-refractivity contribution >= 4 is 29.0 Å². The van der Waals surface area contributed by atoms with Crippen molar-refractivity contribution in [1.29, 1.82) is 0 Å².